The average Bonchev–Trinajstić information content (AvgIpc) is 2.83. The van der Waals surface area contributed by atoms with Crippen molar-refractivity contribution in [1.82, 2.24) is 5.32 Å². The minimum atomic E-state index is -1.40. The van der Waals surface area contributed by atoms with Gasteiger partial charge in [-0.15, -0.1) is 0 Å². The SMILES string of the molecule is O=C(O)OCOc1cc(C(=O)OCc2ccccc2)c2c(c1)[C@@]13CCCC[C@H]1[C@@H](C2)NCC3. The van der Waals surface area contributed by atoms with Crippen LogP contribution in [0.25, 0.3) is 0 Å². The van der Waals surface area contributed by atoms with E-state index >= 15 is 0 Å². The molecule has 3 atom stereocenters. The van der Waals surface area contributed by atoms with Crippen molar-refractivity contribution in [2.75, 3.05) is 13.3 Å². The molecule has 3 aliphatic rings. The Kier molecular flexibility index (Phi) is 5.98. The third-order valence-electron chi connectivity index (χ3n) is 7.59. The van der Waals surface area contributed by atoms with E-state index in [0.29, 0.717) is 23.3 Å². The molecule has 174 valence electrons. The molecule has 1 saturated carbocycles. The zero-order valence-corrected chi connectivity index (χ0v) is 18.5. The smallest absolute Gasteiger partial charge is 0.457 e. The number of piperidine rings is 1. The van der Waals surface area contributed by atoms with Crippen LogP contribution in [0.3, 0.4) is 0 Å². The highest BCUT2D eigenvalue weighted by atomic mass is 16.7. The fraction of sp³-hybridized carbons (Fsp3) is 0.462. The summed E-state index contributed by atoms with van der Waals surface area (Å²) in [5.74, 6) is 0.590. The molecule has 0 spiro atoms. The molecule has 2 aromatic rings. The summed E-state index contributed by atoms with van der Waals surface area (Å²) in [6.07, 6.45) is 5.08. The Bertz CT molecular complexity index is 1030. The highest BCUT2D eigenvalue weighted by Crippen LogP contribution is 2.55. The normalized spacial score (nSPS) is 25.3. The predicted octanol–water partition coefficient (Wildman–Crippen LogP) is 4.42. The van der Waals surface area contributed by atoms with E-state index < -0.39 is 12.9 Å². The van der Waals surface area contributed by atoms with Gasteiger partial charge in [0.2, 0.25) is 6.79 Å². The van der Waals surface area contributed by atoms with Crippen molar-refractivity contribution < 1.29 is 28.9 Å². The number of nitrogens with one attached hydrogen (secondary N) is 1. The molecule has 0 aromatic heterocycles. The van der Waals surface area contributed by atoms with Crippen LogP contribution < -0.4 is 10.1 Å². The second kappa shape index (κ2) is 9.06. The van der Waals surface area contributed by atoms with Gasteiger partial charge in [0.15, 0.2) is 0 Å². The zero-order valence-electron chi connectivity index (χ0n) is 18.5. The number of rotatable bonds is 6. The number of carboxylic acid groups (broad SMARTS) is 1. The van der Waals surface area contributed by atoms with Gasteiger partial charge in [-0.3, -0.25) is 0 Å². The van der Waals surface area contributed by atoms with Crippen molar-refractivity contribution in [1.29, 1.82) is 0 Å². The Morgan fingerprint density at radius 2 is 1.94 bits per heavy atom. The first-order valence-electron chi connectivity index (χ1n) is 11.7. The van der Waals surface area contributed by atoms with Crippen molar-refractivity contribution in [2.45, 2.75) is 56.6 Å². The van der Waals surface area contributed by atoms with Crippen LogP contribution in [-0.4, -0.2) is 36.6 Å². The number of carbonyl (C=O) groups is 2. The van der Waals surface area contributed by atoms with Crippen LogP contribution in [0, 0.1) is 5.92 Å². The number of hydrogen-bond donors (Lipinski definition) is 2. The summed E-state index contributed by atoms with van der Waals surface area (Å²) in [6, 6.07) is 13.6. The second-order valence-electron chi connectivity index (χ2n) is 9.25. The molecule has 2 aliphatic carbocycles. The molecule has 7 heteroatoms. The fourth-order valence-corrected chi connectivity index (χ4v) is 6.21. The van der Waals surface area contributed by atoms with E-state index in [4.69, 9.17) is 14.6 Å². The molecule has 33 heavy (non-hydrogen) atoms. The number of esters is 1. The first-order valence-corrected chi connectivity index (χ1v) is 11.7. The zero-order chi connectivity index (χ0) is 22.8. The Labute approximate surface area is 193 Å². The van der Waals surface area contributed by atoms with E-state index in [9.17, 15) is 9.59 Å². The maximum Gasteiger partial charge on any atom is 0.508 e. The topological polar surface area (TPSA) is 94.1 Å². The van der Waals surface area contributed by atoms with E-state index in [-0.39, 0.29) is 18.0 Å². The molecular formula is C26H29NO6. The molecule has 5 rings (SSSR count). The third-order valence-corrected chi connectivity index (χ3v) is 7.59. The quantitative estimate of drug-likeness (QED) is 0.496. The molecular weight excluding hydrogens is 422 g/mol. The van der Waals surface area contributed by atoms with E-state index in [1.807, 2.05) is 36.4 Å². The van der Waals surface area contributed by atoms with Gasteiger partial charge in [-0.25, -0.2) is 9.59 Å². The van der Waals surface area contributed by atoms with Gasteiger partial charge in [0, 0.05) is 11.5 Å². The highest BCUT2D eigenvalue weighted by molar-refractivity contribution is 5.92. The molecule has 0 amide bonds. The largest absolute Gasteiger partial charge is 0.508 e. The van der Waals surface area contributed by atoms with Crippen LogP contribution in [0.4, 0.5) is 4.79 Å². The summed E-state index contributed by atoms with van der Waals surface area (Å²) < 4.78 is 15.9. The van der Waals surface area contributed by atoms with Crippen LogP contribution in [0.2, 0.25) is 0 Å². The Balaban J connectivity index is 1.51. The van der Waals surface area contributed by atoms with E-state index in [0.717, 1.165) is 36.9 Å². The van der Waals surface area contributed by atoms with E-state index in [1.165, 1.54) is 24.8 Å². The van der Waals surface area contributed by atoms with Gasteiger partial charge in [0.1, 0.15) is 12.4 Å². The summed E-state index contributed by atoms with van der Waals surface area (Å²) in [4.78, 5) is 24.0. The molecule has 1 heterocycles. The minimum absolute atomic E-state index is 0.0171. The first-order chi connectivity index (χ1) is 16.1. The van der Waals surface area contributed by atoms with Crippen molar-refractivity contribution in [3.63, 3.8) is 0 Å². The van der Waals surface area contributed by atoms with Crippen molar-refractivity contribution in [3.05, 3.63) is 64.7 Å². The molecule has 2 bridgehead atoms. The molecule has 0 radical (unpaired) electrons. The van der Waals surface area contributed by atoms with Crippen molar-refractivity contribution in [3.8, 4) is 5.75 Å². The molecule has 2 N–H and O–H groups in total. The van der Waals surface area contributed by atoms with Crippen LogP contribution in [0.1, 0.15) is 59.2 Å². The molecule has 0 unspecified atom stereocenters. The second-order valence-corrected chi connectivity index (χ2v) is 9.25. The van der Waals surface area contributed by atoms with Gasteiger partial charge in [0.05, 0.1) is 5.56 Å². The highest BCUT2D eigenvalue weighted by Gasteiger charge is 2.52. The summed E-state index contributed by atoms with van der Waals surface area (Å²) in [5.41, 5.74) is 3.65. The van der Waals surface area contributed by atoms with E-state index in [2.05, 4.69) is 10.1 Å². The standard InChI is InChI=1S/C26H29NO6/c28-24(31-15-17-6-2-1-3-7-17)20-12-18(32-16-33-25(29)30)13-22-19(20)14-23-21-8-4-5-9-26(21,22)10-11-27-23/h1-3,6-7,12-13,21,23,27H,4-5,8-11,14-16H2,(H,29,30)/t21-,23+,26+/m0/s1. The van der Waals surface area contributed by atoms with Gasteiger partial charge < -0.3 is 24.6 Å². The van der Waals surface area contributed by atoms with E-state index in [1.54, 1.807) is 6.07 Å². The third kappa shape index (κ3) is 4.17. The summed E-state index contributed by atoms with van der Waals surface area (Å²) in [5, 5.41) is 12.5. The average molecular weight is 452 g/mol. The monoisotopic (exact) mass is 451 g/mol. The summed E-state index contributed by atoms with van der Waals surface area (Å²) >= 11 is 0. The van der Waals surface area contributed by atoms with Crippen LogP contribution in [0.15, 0.2) is 42.5 Å². The Morgan fingerprint density at radius 3 is 2.76 bits per heavy atom. The maximum atomic E-state index is 13.3. The number of fused-ring (bicyclic) bond motifs is 1. The number of hydrogen-bond acceptors (Lipinski definition) is 6. The van der Waals surface area contributed by atoms with Crippen molar-refractivity contribution in [2.24, 2.45) is 5.92 Å². The van der Waals surface area contributed by atoms with Gasteiger partial charge >= 0.3 is 12.1 Å². The van der Waals surface area contributed by atoms with Crippen LogP contribution in [0.5, 0.6) is 5.75 Å². The lowest BCUT2D eigenvalue weighted by Crippen LogP contribution is -2.59. The molecule has 2 aromatic carbocycles. The van der Waals surface area contributed by atoms with Gasteiger partial charge in [0.25, 0.3) is 0 Å². The molecule has 2 fully saturated rings. The van der Waals surface area contributed by atoms with Crippen molar-refractivity contribution >= 4 is 12.1 Å². The Morgan fingerprint density at radius 1 is 1.09 bits per heavy atom. The van der Waals surface area contributed by atoms with Gasteiger partial charge in [-0.2, -0.15) is 0 Å². The lowest BCUT2D eigenvalue weighted by atomic mass is 9.52. The molecule has 1 aliphatic heterocycles. The summed E-state index contributed by atoms with van der Waals surface area (Å²) in [7, 11) is 0. The Hall–Kier alpha value is -3.06. The predicted molar refractivity (Wildman–Crippen MR) is 120 cm³/mol. The van der Waals surface area contributed by atoms with Gasteiger partial charge in [-0.1, -0.05) is 43.2 Å². The molecule has 1 saturated heterocycles. The number of ether oxygens (including phenoxy) is 3. The van der Waals surface area contributed by atoms with Crippen LogP contribution >= 0.6 is 0 Å². The summed E-state index contributed by atoms with van der Waals surface area (Å²) in [6.45, 7) is 0.728. The lowest BCUT2D eigenvalue weighted by Gasteiger charge is -2.56. The molecule has 7 nitrogen and oxygen atoms in total. The fourth-order valence-electron chi connectivity index (χ4n) is 6.21. The lowest BCUT2D eigenvalue weighted by molar-refractivity contribution is 0.0251. The van der Waals surface area contributed by atoms with Gasteiger partial charge in [-0.05, 0) is 67.0 Å². The first kappa shape index (κ1) is 21.8. The maximum absolute atomic E-state index is 13.3. The minimum Gasteiger partial charge on any atom is -0.457 e. The van der Waals surface area contributed by atoms with Crippen LogP contribution in [-0.2, 0) is 27.9 Å². The number of carbonyl (C=O) groups excluding carboxylic acids is 1. The number of benzene rings is 2.